The Kier molecular flexibility index (Phi) is 5.55. The van der Waals surface area contributed by atoms with E-state index in [9.17, 15) is 14.9 Å². The Morgan fingerprint density at radius 1 is 1.00 bits per heavy atom. The molecular weight excluding hydrogens is 406 g/mol. The van der Waals surface area contributed by atoms with Crippen molar-refractivity contribution < 1.29 is 14.5 Å². The fraction of sp³-hybridized carbons (Fsp3) is 0.120. The maximum Gasteiger partial charge on any atom is 0.273 e. The SMILES string of the molecule is COc1cc([N+](=O)[O-])ccc1NC(=O)c1cc(-c2ccc(C)c(C)c2)nc2ccccc12. The minimum atomic E-state index is -0.514. The number of aryl methyl sites for hydroxylation is 2. The van der Waals surface area contributed by atoms with E-state index in [0.717, 1.165) is 11.1 Å². The number of nitro benzene ring substituents is 1. The van der Waals surface area contributed by atoms with Crippen molar-refractivity contribution in [2.75, 3.05) is 12.4 Å². The van der Waals surface area contributed by atoms with Gasteiger partial charge in [0, 0.05) is 17.0 Å². The van der Waals surface area contributed by atoms with Crippen molar-refractivity contribution >= 4 is 28.2 Å². The summed E-state index contributed by atoms with van der Waals surface area (Å²) in [4.78, 5) is 28.6. The second kappa shape index (κ2) is 8.47. The fourth-order valence-corrected chi connectivity index (χ4v) is 3.50. The van der Waals surface area contributed by atoms with Gasteiger partial charge >= 0.3 is 0 Å². The van der Waals surface area contributed by atoms with Crippen molar-refractivity contribution in [1.82, 2.24) is 4.98 Å². The molecule has 7 nitrogen and oxygen atoms in total. The van der Waals surface area contributed by atoms with Gasteiger partial charge in [-0.1, -0.05) is 30.3 Å². The molecule has 0 spiro atoms. The van der Waals surface area contributed by atoms with Crippen molar-refractivity contribution in [1.29, 1.82) is 0 Å². The number of anilines is 1. The number of amides is 1. The van der Waals surface area contributed by atoms with Crippen LogP contribution in [-0.2, 0) is 0 Å². The number of rotatable bonds is 5. The van der Waals surface area contributed by atoms with E-state index in [4.69, 9.17) is 9.72 Å². The molecule has 0 atom stereocenters. The van der Waals surface area contributed by atoms with Gasteiger partial charge in [0.1, 0.15) is 5.75 Å². The van der Waals surface area contributed by atoms with Gasteiger partial charge in [0.25, 0.3) is 11.6 Å². The van der Waals surface area contributed by atoms with Crippen LogP contribution in [0.2, 0.25) is 0 Å². The lowest BCUT2D eigenvalue weighted by atomic mass is 10.0. The molecule has 7 heteroatoms. The smallest absolute Gasteiger partial charge is 0.273 e. The first-order valence-electron chi connectivity index (χ1n) is 9.98. The first-order chi connectivity index (χ1) is 15.4. The molecule has 0 bridgehead atoms. The molecule has 160 valence electrons. The van der Waals surface area contributed by atoms with E-state index < -0.39 is 4.92 Å². The zero-order chi connectivity index (χ0) is 22.8. The highest BCUT2D eigenvalue weighted by Crippen LogP contribution is 2.31. The van der Waals surface area contributed by atoms with Gasteiger partial charge in [-0.2, -0.15) is 0 Å². The molecule has 0 unspecified atom stereocenters. The Bertz CT molecular complexity index is 1360. The lowest BCUT2D eigenvalue weighted by Gasteiger charge is -2.13. The van der Waals surface area contributed by atoms with Crippen molar-refractivity contribution in [2.24, 2.45) is 0 Å². The fourth-order valence-electron chi connectivity index (χ4n) is 3.50. The first-order valence-corrected chi connectivity index (χ1v) is 9.98. The molecule has 1 amide bonds. The van der Waals surface area contributed by atoms with Crippen LogP contribution in [0.25, 0.3) is 22.2 Å². The van der Waals surface area contributed by atoms with Gasteiger partial charge in [0.15, 0.2) is 0 Å². The van der Waals surface area contributed by atoms with Crippen LogP contribution in [0, 0.1) is 24.0 Å². The maximum absolute atomic E-state index is 13.3. The number of non-ortho nitro benzene ring substituents is 1. The zero-order valence-electron chi connectivity index (χ0n) is 17.9. The molecule has 0 aliphatic rings. The van der Waals surface area contributed by atoms with Crippen LogP contribution in [-0.4, -0.2) is 22.9 Å². The van der Waals surface area contributed by atoms with Crippen molar-refractivity contribution in [2.45, 2.75) is 13.8 Å². The van der Waals surface area contributed by atoms with E-state index in [-0.39, 0.29) is 17.3 Å². The minimum absolute atomic E-state index is 0.119. The van der Waals surface area contributed by atoms with Gasteiger partial charge in [-0.3, -0.25) is 14.9 Å². The predicted molar refractivity (Wildman–Crippen MR) is 124 cm³/mol. The molecule has 0 saturated heterocycles. The summed E-state index contributed by atoms with van der Waals surface area (Å²) in [6.07, 6.45) is 0. The second-order valence-electron chi connectivity index (χ2n) is 7.47. The lowest BCUT2D eigenvalue weighted by Crippen LogP contribution is -2.14. The third-order valence-electron chi connectivity index (χ3n) is 5.41. The average Bonchev–Trinajstić information content (AvgIpc) is 2.80. The van der Waals surface area contributed by atoms with Gasteiger partial charge < -0.3 is 10.1 Å². The molecular formula is C25H21N3O4. The number of aromatic nitrogens is 1. The van der Waals surface area contributed by atoms with Crippen LogP contribution in [0.4, 0.5) is 11.4 Å². The standard InChI is InChI=1S/C25H21N3O4/c1-15-8-9-17(12-16(15)2)23-14-20(19-6-4-5-7-21(19)26-23)25(29)27-22-11-10-18(28(30)31)13-24(22)32-3/h4-14H,1-3H3,(H,27,29). The molecule has 4 rings (SSSR count). The average molecular weight is 427 g/mol. The Balaban J connectivity index is 1.79. The molecule has 32 heavy (non-hydrogen) atoms. The van der Waals surface area contributed by atoms with E-state index in [0.29, 0.717) is 27.8 Å². The van der Waals surface area contributed by atoms with E-state index in [1.54, 1.807) is 6.07 Å². The van der Waals surface area contributed by atoms with Crippen molar-refractivity contribution in [3.63, 3.8) is 0 Å². The van der Waals surface area contributed by atoms with E-state index in [1.807, 2.05) is 56.3 Å². The van der Waals surface area contributed by atoms with Crippen LogP contribution in [0.1, 0.15) is 21.5 Å². The van der Waals surface area contributed by atoms with Crippen LogP contribution in [0.5, 0.6) is 5.75 Å². The summed E-state index contributed by atoms with van der Waals surface area (Å²) in [7, 11) is 1.40. The molecule has 0 aliphatic carbocycles. The number of benzene rings is 3. The molecule has 1 aromatic heterocycles. The summed E-state index contributed by atoms with van der Waals surface area (Å²) in [5.41, 5.74) is 5.29. The molecule has 0 saturated carbocycles. The summed E-state index contributed by atoms with van der Waals surface area (Å²) in [5, 5.41) is 14.6. The molecule has 0 radical (unpaired) electrons. The number of hydrogen-bond donors (Lipinski definition) is 1. The summed E-state index contributed by atoms with van der Waals surface area (Å²) >= 11 is 0. The number of carbonyl (C=O) groups excluding carboxylic acids is 1. The molecule has 0 aliphatic heterocycles. The summed E-state index contributed by atoms with van der Waals surface area (Å²) in [6, 6.07) is 19.3. The maximum atomic E-state index is 13.3. The molecule has 3 aromatic carbocycles. The number of nitrogens with one attached hydrogen (secondary N) is 1. The molecule has 0 fully saturated rings. The Labute approximate surface area is 184 Å². The summed E-state index contributed by atoms with van der Waals surface area (Å²) < 4.78 is 5.25. The normalized spacial score (nSPS) is 10.7. The van der Waals surface area contributed by atoms with Gasteiger partial charge in [0.2, 0.25) is 0 Å². The molecule has 1 heterocycles. The molecule has 1 N–H and O–H groups in total. The van der Waals surface area contributed by atoms with E-state index in [1.165, 1.54) is 30.9 Å². The summed E-state index contributed by atoms with van der Waals surface area (Å²) in [5.74, 6) is -0.152. The van der Waals surface area contributed by atoms with Crippen LogP contribution >= 0.6 is 0 Å². The van der Waals surface area contributed by atoms with Gasteiger partial charge in [-0.05, 0) is 49.2 Å². The minimum Gasteiger partial charge on any atom is -0.494 e. The number of fused-ring (bicyclic) bond motifs is 1. The highest BCUT2D eigenvalue weighted by atomic mass is 16.6. The Morgan fingerprint density at radius 3 is 2.50 bits per heavy atom. The quantitative estimate of drug-likeness (QED) is 0.326. The van der Waals surface area contributed by atoms with E-state index >= 15 is 0 Å². The monoisotopic (exact) mass is 427 g/mol. The molecule has 4 aromatic rings. The highest BCUT2D eigenvalue weighted by Gasteiger charge is 2.18. The van der Waals surface area contributed by atoms with Gasteiger partial charge in [-0.25, -0.2) is 4.98 Å². The number of carbonyl (C=O) groups is 1. The summed E-state index contributed by atoms with van der Waals surface area (Å²) in [6.45, 7) is 4.08. The number of hydrogen-bond acceptors (Lipinski definition) is 5. The number of nitrogens with zero attached hydrogens (tertiary/aromatic N) is 2. The zero-order valence-corrected chi connectivity index (χ0v) is 17.9. The van der Waals surface area contributed by atoms with Crippen LogP contribution in [0.15, 0.2) is 66.7 Å². The topological polar surface area (TPSA) is 94.4 Å². The van der Waals surface area contributed by atoms with Crippen molar-refractivity contribution in [3.8, 4) is 17.0 Å². The highest BCUT2D eigenvalue weighted by molar-refractivity contribution is 6.13. The number of nitro groups is 1. The van der Waals surface area contributed by atoms with Crippen LogP contribution < -0.4 is 10.1 Å². The van der Waals surface area contributed by atoms with Crippen molar-refractivity contribution in [3.05, 3.63) is 93.5 Å². The Morgan fingerprint density at radius 2 is 1.78 bits per heavy atom. The first kappa shape index (κ1) is 21.0. The number of ether oxygens (including phenoxy) is 1. The van der Waals surface area contributed by atoms with Crippen LogP contribution in [0.3, 0.4) is 0 Å². The Hall–Kier alpha value is -4.26. The third kappa shape index (κ3) is 4.00. The number of para-hydroxylation sites is 1. The number of pyridine rings is 1. The predicted octanol–water partition coefficient (Wildman–Crippen LogP) is 5.69. The largest absolute Gasteiger partial charge is 0.494 e. The third-order valence-corrected chi connectivity index (χ3v) is 5.41. The second-order valence-corrected chi connectivity index (χ2v) is 7.47. The van der Waals surface area contributed by atoms with E-state index in [2.05, 4.69) is 5.32 Å². The van der Waals surface area contributed by atoms with Gasteiger partial charge in [0.05, 0.1) is 40.6 Å². The van der Waals surface area contributed by atoms with Gasteiger partial charge in [-0.15, -0.1) is 0 Å². The lowest BCUT2D eigenvalue weighted by molar-refractivity contribution is -0.384. The number of methoxy groups -OCH3 is 1.